The zero-order chi connectivity index (χ0) is 21.5. The molecule has 3 rings (SSSR count). The number of benzene rings is 1. The fourth-order valence-electron chi connectivity index (χ4n) is 3.55. The van der Waals surface area contributed by atoms with E-state index < -0.39 is 4.92 Å². The number of ether oxygens (including phenoxy) is 1. The molecule has 0 spiro atoms. The second-order valence-electron chi connectivity index (χ2n) is 7.65. The Hall–Kier alpha value is -2.94. The van der Waals surface area contributed by atoms with Gasteiger partial charge in [-0.2, -0.15) is 0 Å². The number of nitrogens with one attached hydrogen (secondary N) is 1. The first-order valence-electron chi connectivity index (χ1n) is 10.4. The van der Waals surface area contributed by atoms with Gasteiger partial charge in [0.2, 0.25) is 11.6 Å². The summed E-state index contributed by atoms with van der Waals surface area (Å²) in [6, 6.07) is 7.55. The van der Waals surface area contributed by atoms with Crippen LogP contribution in [0.2, 0.25) is 0 Å². The zero-order valence-corrected chi connectivity index (χ0v) is 17.9. The Morgan fingerprint density at radius 1 is 1.27 bits per heavy atom. The molecule has 0 atom stereocenters. The number of likely N-dealkylation sites (tertiary alicyclic amines) is 1. The molecule has 1 N–H and O–H groups in total. The summed E-state index contributed by atoms with van der Waals surface area (Å²) in [5.41, 5.74) is 0.592. The molecule has 1 fully saturated rings. The van der Waals surface area contributed by atoms with E-state index >= 15 is 0 Å². The maximum absolute atomic E-state index is 11.9. The van der Waals surface area contributed by atoms with E-state index in [1.54, 1.807) is 0 Å². The largest absolute Gasteiger partial charge is 0.494 e. The molecular formula is C21H30N6O3. The smallest absolute Gasteiger partial charge is 0.353 e. The third-order valence-electron chi connectivity index (χ3n) is 5.44. The van der Waals surface area contributed by atoms with E-state index in [1.807, 2.05) is 36.2 Å². The lowest BCUT2D eigenvalue weighted by Crippen LogP contribution is -2.42. The molecule has 1 aliphatic heterocycles. The molecule has 2 heterocycles. The van der Waals surface area contributed by atoms with Crippen LogP contribution in [0.4, 0.5) is 23.0 Å². The third-order valence-corrected chi connectivity index (χ3v) is 5.44. The van der Waals surface area contributed by atoms with Gasteiger partial charge in [-0.25, -0.2) is 9.97 Å². The van der Waals surface area contributed by atoms with Gasteiger partial charge in [0.25, 0.3) is 0 Å². The summed E-state index contributed by atoms with van der Waals surface area (Å²) < 4.78 is 5.67. The Kier molecular flexibility index (Phi) is 7.40. The van der Waals surface area contributed by atoms with Gasteiger partial charge < -0.3 is 19.9 Å². The van der Waals surface area contributed by atoms with E-state index in [2.05, 4.69) is 34.2 Å². The van der Waals surface area contributed by atoms with Crippen LogP contribution in [0, 0.1) is 10.1 Å². The first kappa shape index (κ1) is 21.8. The van der Waals surface area contributed by atoms with Crippen molar-refractivity contribution in [2.45, 2.75) is 38.6 Å². The average Bonchev–Trinajstić information content (AvgIpc) is 2.75. The molecule has 9 nitrogen and oxygen atoms in total. The minimum absolute atomic E-state index is 0.109. The van der Waals surface area contributed by atoms with Crippen LogP contribution in [0.15, 0.2) is 30.6 Å². The molecule has 1 aromatic carbocycles. The lowest BCUT2D eigenvalue weighted by molar-refractivity contribution is -0.383. The fourth-order valence-corrected chi connectivity index (χ4v) is 3.55. The second kappa shape index (κ2) is 10.2. The van der Waals surface area contributed by atoms with E-state index in [-0.39, 0.29) is 17.5 Å². The molecule has 0 amide bonds. The highest BCUT2D eigenvalue weighted by atomic mass is 16.6. The van der Waals surface area contributed by atoms with Crippen LogP contribution in [0.25, 0.3) is 0 Å². The van der Waals surface area contributed by atoms with Crippen molar-refractivity contribution in [3.8, 4) is 5.75 Å². The van der Waals surface area contributed by atoms with Crippen LogP contribution in [0.1, 0.15) is 32.6 Å². The summed E-state index contributed by atoms with van der Waals surface area (Å²) in [7, 11) is 3.96. The fraction of sp³-hybridized carbons (Fsp3) is 0.524. The van der Waals surface area contributed by atoms with E-state index in [0.717, 1.165) is 44.5 Å². The van der Waals surface area contributed by atoms with Crippen LogP contribution in [-0.2, 0) is 0 Å². The van der Waals surface area contributed by atoms with Crippen molar-refractivity contribution in [3.63, 3.8) is 0 Å². The first-order valence-corrected chi connectivity index (χ1v) is 10.4. The summed E-state index contributed by atoms with van der Waals surface area (Å²) in [5.74, 6) is 1.30. The van der Waals surface area contributed by atoms with Gasteiger partial charge in [0.15, 0.2) is 0 Å². The predicted octanol–water partition coefficient (Wildman–Crippen LogP) is 3.84. The van der Waals surface area contributed by atoms with Crippen molar-refractivity contribution < 1.29 is 9.66 Å². The highest BCUT2D eigenvalue weighted by molar-refractivity contribution is 5.74. The highest BCUT2D eigenvalue weighted by Crippen LogP contribution is 2.35. The minimum atomic E-state index is -0.411. The van der Waals surface area contributed by atoms with E-state index in [0.29, 0.717) is 18.1 Å². The number of anilines is 3. The number of nitro groups is 1. The number of aromatic nitrogens is 2. The maximum atomic E-state index is 11.9. The molecule has 0 aliphatic carbocycles. The third kappa shape index (κ3) is 5.35. The van der Waals surface area contributed by atoms with Gasteiger partial charge in [0.05, 0.1) is 11.5 Å². The molecule has 0 bridgehead atoms. The molecule has 162 valence electrons. The molecule has 1 aliphatic rings. The molecule has 9 heteroatoms. The summed E-state index contributed by atoms with van der Waals surface area (Å²) in [6.45, 7) is 4.72. The number of piperidine rings is 1. The molecular weight excluding hydrogens is 384 g/mol. The van der Waals surface area contributed by atoms with Crippen LogP contribution in [-0.4, -0.2) is 59.6 Å². The number of hydrogen-bond acceptors (Lipinski definition) is 8. The Bertz CT molecular complexity index is 837. The Balaban J connectivity index is 1.78. The lowest BCUT2D eigenvalue weighted by Gasteiger charge is -2.35. The standard InChI is InChI=1S/C21H30N6O3/c1-4-5-14-30-18-8-6-16(7-9-18)24-20-19(27(28)29)21(23-15-22-20)26(3)17-10-12-25(2)13-11-17/h6-9,15,17H,4-5,10-14H2,1-3H3,(H,22,23,24). The molecule has 0 radical (unpaired) electrons. The summed E-state index contributed by atoms with van der Waals surface area (Å²) in [5, 5.41) is 15.0. The molecule has 0 saturated carbocycles. The summed E-state index contributed by atoms with van der Waals surface area (Å²) in [4.78, 5) is 24.1. The van der Waals surface area contributed by atoms with Crippen LogP contribution >= 0.6 is 0 Å². The van der Waals surface area contributed by atoms with E-state index in [4.69, 9.17) is 4.74 Å². The molecule has 30 heavy (non-hydrogen) atoms. The van der Waals surface area contributed by atoms with Crippen LogP contribution in [0.5, 0.6) is 5.75 Å². The van der Waals surface area contributed by atoms with Gasteiger partial charge in [-0.1, -0.05) is 13.3 Å². The predicted molar refractivity (Wildman–Crippen MR) is 118 cm³/mol. The highest BCUT2D eigenvalue weighted by Gasteiger charge is 2.30. The first-order chi connectivity index (χ1) is 14.5. The SMILES string of the molecule is CCCCOc1ccc(Nc2ncnc(N(C)C3CCN(C)CC3)c2[N+](=O)[O-])cc1. The van der Waals surface area contributed by atoms with Gasteiger partial charge in [0.1, 0.15) is 12.1 Å². The second-order valence-corrected chi connectivity index (χ2v) is 7.65. The minimum Gasteiger partial charge on any atom is -0.494 e. The lowest BCUT2D eigenvalue weighted by atomic mass is 10.0. The van der Waals surface area contributed by atoms with Crippen molar-refractivity contribution in [3.05, 3.63) is 40.7 Å². The molecule has 1 saturated heterocycles. The molecule has 0 unspecified atom stereocenters. The van der Waals surface area contributed by atoms with E-state index in [9.17, 15) is 10.1 Å². The molecule has 2 aromatic rings. The van der Waals surface area contributed by atoms with Crippen molar-refractivity contribution in [2.24, 2.45) is 0 Å². The van der Waals surface area contributed by atoms with Crippen molar-refractivity contribution >= 4 is 23.0 Å². The van der Waals surface area contributed by atoms with Crippen molar-refractivity contribution in [1.29, 1.82) is 0 Å². The Morgan fingerprint density at radius 3 is 2.60 bits per heavy atom. The monoisotopic (exact) mass is 414 g/mol. The quantitative estimate of drug-likeness (QED) is 0.376. The number of unbranched alkanes of at least 4 members (excludes halogenated alkanes) is 1. The van der Waals surface area contributed by atoms with Crippen molar-refractivity contribution in [1.82, 2.24) is 14.9 Å². The zero-order valence-electron chi connectivity index (χ0n) is 17.9. The van der Waals surface area contributed by atoms with Crippen LogP contribution in [0.3, 0.4) is 0 Å². The van der Waals surface area contributed by atoms with Crippen molar-refractivity contribution in [2.75, 3.05) is 44.0 Å². The van der Waals surface area contributed by atoms with Gasteiger partial charge in [-0.15, -0.1) is 0 Å². The van der Waals surface area contributed by atoms with Gasteiger partial charge >= 0.3 is 5.69 Å². The average molecular weight is 415 g/mol. The number of hydrogen-bond donors (Lipinski definition) is 1. The Labute approximate surface area is 177 Å². The van der Waals surface area contributed by atoms with Gasteiger partial charge in [0, 0.05) is 18.8 Å². The number of nitrogens with zero attached hydrogens (tertiary/aromatic N) is 5. The van der Waals surface area contributed by atoms with E-state index in [1.165, 1.54) is 6.33 Å². The Morgan fingerprint density at radius 2 is 1.97 bits per heavy atom. The summed E-state index contributed by atoms with van der Waals surface area (Å²) >= 11 is 0. The number of rotatable bonds is 9. The topological polar surface area (TPSA) is 96.7 Å². The normalized spacial score (nSPS) is 15.0. The molecule has 1 aromatic heterocycles. The van der Waals surface area contributed by atoms with Crippen LogP contribution < -0.4 is 15.0 Å². The van der Waals surface area contributed by atoms with Gasteiger partial charge in [-0.05, 0) is 63.7 Å². The maximum Gasteiger partial charge on any atom is 0.353 e. The summed E-state index contributed by atoms with van der Waals surface area (Å²) in [6.07, 6.45) is 5.33. The van der Waals surface area contributed by atoms with Gasteiger partial charge in [-0.3, -0.25) is 10.1 Å².